The zero-order valence-corrected chi connectivity index (χ0v) is 8.05. The molecule has 1 nitrogen and oxygen atoms in total. The summed E-state index contributed by atoms with van der Waals surface area (Å²) < 4.78 is 0. The molecule has 1 aromatic carbocycles. The first-order valence-electron chi connectivity index (χ1n) is 3.80. The van der Waals surface area contributed by atoms with Crippen molar-refractivity contribution in [3.63, 3.8) is 0 Å². The highest BCUT2D eigenvalue weighted by molar-refractivity contribution is 6.31. The molecule has 0 aliphatic carbocycles. The molecule has 0 N–H and O–H groups in total. The highest BCUT2D eigenvalue weighted by Gasteiger charge is 1.93. The lowest BCUT2D eigenvalue weighted by atomic mass is 10.2. The third kappa shape index (κ3) is 2.59. The van der Waals surface area contributed by atoms with Crippen LogP contribution in [0.15, 0.2) is 35.5 Å². The molecule has 0 spiro atoms. The van der Waals surface area contributed by atoms with Gasteiger partial charge in [0.15, 0.2) is 0 Å². The summed E-state index contributed by atoms with van der Waals surface area (Å²) in [6.07, 6.45) is 1.93. The lowest BCUT2D eigenvalue weighted by Crippen LogP contribution is -2.05. The van der Waals surface area contributed by atoms with Crippen LogP contribution in [0.3, 0.4) is 0 Å². The lowest BCUT2D eigenvalue weighted by molar-refractivity contribution is 0.551. The van der Waals surface area contributed by atoms with Gasteiger partial charge in [0.05, 0.1) is 0 Å². The largest absolute Gasteiger partial charge is 0.368 e. The van der Waals surface area contributed by atoms with Gasteiger partial charge in [-0.2, -0.15) is 0 Å². The second-order valence-electron chi connectivity index (χ2n) is 2.77. The fourth-order valence-electron chi connectivity index (χ4n) is 0.816. The molecule has 0 aliphatic heterocycles. The predicted octanol–water partition coefficient (Wildman–Crippen LogP) is 2.79. The Morgan fingerprint density at radius 2 is 1.83 bits per heavy atom. The van der Waals surface area contributed by atoms with Crippen molar-refractivity contribution in [1.82, 2.24) is 4.90 Å². The van der Waals surface area contributed by atoms with E-state index in [1.807, 2.05) is 55.4 Å². The predicted molar refractivity (Wildman–Crippen MR) is 54.0 cm³/mol. The van der Waals surface area contributed by atoms with Gasteiger partial charge in [-0.25, -0.2) is 0 Å². The summed E-state index contributed by atoms with van der Waals surface area (Å²) in [5.74, 6) is 0. The monoisotopic (exact) mass is 181 g/mol. The number of nitrogens with zero attached hydrogens (tertiary/aromatic N) is 1. The van der Waals surface area contributed by atoms with Crippen molar-refractivity contribution in [2.24, 2.45) is 0 Å². The van der Waals surface area contributed by atoms with Crippen molar-refractivity contribution < 1.29 is 0 Å². The molecule has 0 saturated carbocycles. The van der Waals surface area contributed by atoms with Crippen molar-refractivity contribution in [3.05, 3.63) is 41.1 Å². The van der Waals surface area contributed by atoms with Crippen LogP contribution in [0.2, 0.25) is 0 Å². The van der Waals surface area contributed by atoms with Gasteiger partial charge in [0.1, 0.15) is 5.16 Å². The zero-order valence-electron chi connectivity index (χ0n) is 7.29. The molecule has 12 heavy (non-hydrogen) atoms. The van der Waals surface area contributed by atoms with E-state index < -0.39 is 0 Å². The zero-order chi connectivity index (χ0) is 8.97. The van der Waals surface area contributed by atoms with Gasteiger partial charge in [-0.1, -0.05) is 41.9 Å². The van der Waals surface area contributed by atoms with Crippen molar-refractivity contribution in [2.75, 3.05) is 14.1 Å². The van der Waals surface area contributed by atoms with Gasteiger partial charge in [0.2, 0.25) is 0 Å². The third-order valence-electron chi connectivity index (χ3n) is 1.51. The molecule has 0 atom stereocenters. The Labute approximate surface area is 78.3 Å². The van der Waals surface area contributed by atoms with Crippen molar-refractivity contribution in [2.45, 2.75) is 0 Å². The van der Waals surface area contributed by atoms with Gasteiger partial charge in [-0.3, -0.25) is 0 Å². The molecule has 0 amide bonds. The molecular weight excluding hydrogens is 170 g/mol. The standard InChI is InChI=1S/C10H12ClN/c1-12(2)10(11)8-9-6-4-3-5-7-9/h3-8H,1-2H3/b10-8+. The summed E-state index contributed by atoms with van der Waals surface area (Å²) in [7, 11) is 3.84. The minimum atomic E-state index is 0.737. The summed E-state index contributed by atoms with van der Waals surface area (Å²) in [6, 6.07) is 10.0. The minimum Gasteiger partial charge on any atom is -0.368 e. The molecule has 0 bridgehead atoms. The van der Waals surface area contributed by atoms with Gasteiger partial charge in [-0.05, 0) is 11.6 Å². The van der Waals surface area contributed by atoms with E-state index in [2.05, 4.69) is 0 Å². The second-order valence-corrected chi connectivity index (χ2v) is 3.16. The molecule has 0 unspecified atom stereocenters. The summed E-state index contributed by atoms with van der Waals surface area (Å²) in [4.78, 5) is 1.87. The average molecular weight is 182 g/mol. The fourth-order valence-corrected chi connectivity index (χ4v) is 0.942. The summed E-state index contributed by atoms with van der Waals surface area (Å²) >= 11 is 5.94. The molecule has 0 fully saturated rings. The Balaban J connectivity index is 2.81. The van der Waals surface area contributed by atoms with Gasteiger partial charge >= 0.3 is 0 Å². The second kappa shape index (κ2) is 4.17. The molecule has 2 heteroatoms. The number of hydrogen-bond acceptors (Lipinski definition) is 1. The number of benzene rings is 1. The highest BCUT2D eigenvalue weighted by Crippen LogP contribution is 2.11. The Hall–Kier alpha value is -0.950. The molecule has 0 radical (unpaired) electrons. The first-order valence-corrected chi connectivity index (χ1v) is 4.17. The van der Waals surface area contributed by atoms with E-state index in [-0.39, 0.29) is 0 Å². The van der Waals surface area contributed by atoms with Crippen LogP contribution < -0.4 is 0 Å². The molecule has 0 heterocycles. The van der Waals surface area contributed by atoms with Gasteiger partial charge in [-0.15, -0.1) is 0 Å². The van der Waals surface area contributed by atoms with Crippen LogP contribution in [0.25, 0.3) is 6.08 Å². The van der Waals surface area contributed by atoms with E-state index in [9.17, 15) is 0 Å². The van der Waals surface area contributed by atoms with Crippen LogP contribution in [0, 0.1) is 0 Å². The normalized spacial score (nSPS) is 11.4. The van der Waals surface area contributed by atoms with Crippen LogP contribution in [0.4, 0.5) is 0 Å². The maximum absolute atomic E-state index is 5.94. The lowest BCUT2D eigenvalue weighted by Gasteiger charge is -2.09. The SMILES string of the molecule is CN(C)/C(Cl)=C/c1ccccc1. The Morgan fingerprint density at radius 3 is 2.33 bits per heavy atom. The molecule has 0 saturated heterocycles. The van der Waals surface area contributed by atoms with Gasteiger partial charge < -0.3 is 4.90 Å². The molecule has 0 aliphatic rings. The number of halogens is 1. The first-order chi connectivity index (χ1) is 5.70. The highest BCUT2D eigenvalue weighted by atomic mass is 35.5. The maximum atomic E-state index is 5.94. The van der Waals surface area contributed by atoms with E-state index in [0.717, 1.165) is 10.7 Å². The smallest absolute Gasteiger partial charge is 0.104 e. The molecule has 64 valence electrons. The van der Waals surface area contributed by atoms with E-state index in [0.29, 0.717) is 0 Å². The first kappa shape index (κ1) is 9.14. The van der Waals surface area contributed by atoms with Crippen LogP contribution in [-0.2, 0) is 0 Å². The summed E-state index contributed by atoms with van der Waals surface area (Å²) in [6.45, 7) is 0. The molecular formula is C10H12ClN. The van der Waals surface area contributed by atoms with E-state index in [1.54, 1.807) is 0 Å². The Kier molecular flexibility index (Phi) is 3.18. The third-order valence-corrected chi connectivity index (χ3v) is 1.96. The van der Waals surface area contributed by atoms with Crippen LogP contribution in [0.1, 0.15) is 5.56 Å². The number of hydrogen-bond donors (Lipinski definition) is 0. The number of rotatable bonds is 2. The van der Waals surface area contributed by atoms with Crippen molar-refractivity contribution >= 4 is 17.7 Å². The van der Waals surface area contributed by atoms with Crippen molar-refractivity contribution in [1.29, 1.82) is 0 Å². The fraction of sp³-hybridized carbons (Fsp3) is 0.200. The minimum absolute atomic E-state index is 0.737. The molecule has 1 rings (SSSR count). The average Bonchev–Trinajstić information content (AvgIpc) is 2.06. The summed E-state index contributed by atoms with van der Waals surface area (Å²) in [5, 5.41) is 0.737. The van der Waals surface area contributed by atoms with E-state index in [4.69, 9.17) is 11.6 Å². The Morgan fingerprint density at radius 1 is 1.25 bits per heavy atom. The maximum Gasteiger partial charge on any atom is 0.104 e. The van der Waals surface area contributed by atoms with Crippen LogP contribution >= 0.6 is 11.6 Å². The van der Waals surface area contributed by atoms with Gasteiger partial charge in [0.25, 0.3) is 0 Å². The Bertz CT molecular complexity index is 264. The van der Waals surface area contributed by atoms with E-state index in [1.165, 1.54) is 0 Å². The molecule has 0 aromatic heterocycles. The van der Waals surface area contributed by atoms with Crippen LogP contribution in [-0.4, -0.2) is 19.0 Å². The molecule has 1 aromatic rings. The van der Waals surface area contributed by atoms with E-state index >= 15 is 0 Å². The van der Waals surface area contributed by atoms with Gasteiger partial charge in [0, 0.05) is 14.1 Å². The quantitative estimate of drug-likeness (QED) is 0.635. The summed E-state index contributed by atoms with van der Waals surface area (Å²) in [5.41, 5.74) is 1.12. The topological polar surface area (TPSA) is 3.24 Å². The van der Waals surface area contributed by atoms with Crippen molar-refractivity contribution in [3.8, 4) is 0 Å². The van der Waals surface area contributed by atoms with Crippen LogP contribution in [0.5, 0.6) is 0 Å².